The molecule has 0 aliphatic heterocycles. The minimum atomic E-state index is -1.13. The summed E-state index contributed by atoms with van der Waals surface area (Å²) in [5.41, 5.74) is 0.205. The summed E-state index contributed by atoms with van der Waals surface area (Å²) >= 11 is 4.89. The number of hydrogen-bond acceptors (Lipinski definition) is 5. The van der Waals surface area contributed by atoms with Crippen LogP contribution in [0.15, 0.2) is 23.4 Å². The monoisotopic (exact) mass is 256 g/mol. The number of nitrogens with zero attached hydrogens (tertiary/aromatic N) is 2. The second-order valence-electron chi connectivity index (χ2n) is 2.89. The normalized spacial score (nSPS) is 10.4. The van der Waals surface area contributed by atoms with E-state index < -0.39 is 11.8 Å². The molecule has 1 aromatic carbocycles. The Morgan fingerprint density at radius 2 is 2.25 bits per heavy atom. The van der Waals surface area contributed by atoms with Crippen LogP contribution in [0.2, 0.25) is 0 Å². The van der Waals surface area contributed by atoms with E-state index in [-0.39, 0.29) is 16.3 Å². The summed E-state index contributed by atoms with van der Waals surface area (Å²) in [6.07, 6.45) is 0. The van der Waals surface area contributed by atoms with Crippen LogP contribution >= 0.6 is 24.2 Å². The molecule has 2 rings (SSSR count). The van der Waals surface area contributed by atoms with E-state index in [9.17, 15) is 9.18 Å². The molecule has 2 aromatic rings. The van der Waals surface area contributed by atoms with Gasteiger partial charge in [-0.25, -0.2) is 14.2 Å². The molecule has 0 spiro atoms. The molecule has 0 amide bonds. The Balaban J connectivity index is 2.62. The molecule has 16 heavy (non-hydrogen) atoms. The zero-order chi connectivity index (χ0) is 11.7. The zero-order valence-electron chi connectivity index (χ0n) is 7.72. The molecule has 0 saturated heterocycles. The topological polar surface area (TPSA) is 63.1 Å². The lowest BCUT2D eigenvalue weighted by molar-refractivity contribution is 0.0697. The second-order valence-corrected chi connectivity index (χ2v) is 4.05. The molecule has 0 unspecified atom stereocenters. The van der Waals surface area contributed by atoms with Crippen LogP contribution in [0.4, 0.5) is 4.39 Å². The molecule has 0 radical (unpaired) electrons. The van der Waals surface area contributed by atoms with E-state index >= 15 is 0 Å². The first-order valence-electron chi connectivity index (χ1n) is 4.14. The van der Waals surface area contributed by atoms with Crippen molar-refractivity contribution in [2.75, 3.05) is 0 Å². The quantitative estimate of drug-likeness (QED) is 0.809. The van der Waals surface area contributed by atoms with Crippen molar-refractivity contribution in [3.8, 4) is 10.6 Å². The lowest BCUT2D eigenvalue weighted by atomic mass is 10.1. The molecule has 1 N–H and O–H groups in total. The number of carbonyl (C=O) groups is 1. The maximum atomic E-state index is 13.0. The first kappa shape index (κ1) is 11.0. The van der Waals surface area contributed by atoms with Crippen LogP contribution < -0.4 is 0 Å². The number of aromatic nitrogens is 2. The van der Waals surface area contributed by atoms with Crippen LogP contribution in [0.25, 0.3) is 10.6 Å². The Hall–Kier alpha value is -1.47. The summed E-state index contributed by atoms with van der Waals surface area (Å²) in [6, 6.07) is 3.42. The Morgan fingerprint density at radius 3 is 2.81 bits per heavy atom. The number of thiol groups is 1. The highest BCUT2D eigenvalue weighted by atomic mass is 32.1. The predicted molar refractivity (Wildman–Crippen MR) is 59.5 cm³/mol. The number of carboxylic acid groups (broad SMARTS) is 1. The molecule has 1 heterocycles. The average Bonchev–Trinajstić information content (AvgIpc) is 2.64. The molecule has 0 fully saturated rings. The van der Waals surface area contributed by atoms with E-state index in [0.717, 1.165) is 23.7 Å². The van der Waals surface area contributed by atoms with Gasteiger partial charge in [-0.3, -0.25) is 0 Å². The fraction of sp³-hybridized carbons (Fsp3) is 0. The number of carboxylic acids is 1. The standard InChI is InChI=1S/C9H5FN2O2S2/c10-4-1-2-5(8(13)14)6(3-4)7-11-9(15)12-16-7/h1-3H,(H,12,15)(H,13,14). The van der Waals surface area contributed by atoms with Gasteiger partial charge in [0.2, 0.25) is 0 Å². The fourth-order valence-corrected chi connectivity index (χ4v) is 2.10. The lowest BCUT2D eigenvalue weighted by Gasteiger charge is -2.01. The minimum absolute atomic E-state index is 0.00844. The molecular formula is C9H5FN2O2S2. The molecular weight excluding hydrogens is 251 g/mol. The van der Waals surface area contributed by atoms with Gasteiger partial charge in [0, 0.05) is 5.56 Å². The third-order valence-corrected chi connectivity index (χ3v) is 2.94. The number of rotatable bonds is 2. The van der Waals surface area contributed by atoms with Gasteiger partial charge in [-0.2, -0.15) is 4.37 Å². The highest BCUT2D eigenvalue weighted by Gasteiger charge is 2.15. The van der Waals surface area contributed by atoms with Gasteiger partial charge in [0.05, 0.1) is 5.56 Å². The summed E-state index contributed by atoms with van der Waals surface area (Å²) in [6.45, 7) is 0. The van der Waals surface area contributed by atoms with Gasteiger partial charge >= 0.3 is 5.97 Å². The van der Waals surface area contributed by atoms with Crippen LogP contribution in [-0.4, -0.2) is 20.4 Å². The fourth-order valence-electron chi connectivity index (χ4n) is 1.21. The maximum absolute atomic E-state index is 13.0. The Labute approximate surface area is 99.4 Å². The molecule has 4 nitrogen and oxygen atoms in total. The maximum Gasteiger partial charge on any atom is 0.336 e. The van der Waals surface area contributed by atoms with Gasteiger partial charge < -0.3 is 5.11 Å². The summed E-state index contributed by atoms with van der Waals surface area (Å²) in [5.74, 6) is -1.65. The molecule has 1 aromatic heterocycles. The smallest absolute Gasteiger partial charge is 0.336 e. The van der Waals surface area contributed by atoms with Gasteiger partial charge in [0.25, 0.3) is 0 Å². The average molecular weight is 256 g/mol. The molecule has 0 saturated carbocycles. The first-order chi connectivity index (χ1) is 7.58. The van der Waals surface area contributed by atoms with Crippen LogP contribution in [0, 0.1) is 5.82 Å². The Bertz CT molecular complexity index is 556. The van der Waals surface area contributed by atoms with E-state index in [2.05, 4.69) is 22.0 Å². The van der Waals surface area contributed by atoms with Crippen LogP contribution in [-0.2, 0) is 0 Å². The van der Waals surface area contributed by atoms with Crippen molar-refractivity contribution in [3.05, 3.63) is 29.6 Å². The van der Waals surface area contributed by atoms with Crippen molar-refractivity contribution < 1.29 is 14.3 Å². The zero-order valence-corrected chi connectivity index (χ0v) is 9.43. The highest BCUT2D eigenvalue weighted by Crippen LogP contribution is 2.27. The van der Waals surface area contributed by atoms with Crippen molar-refractivity contribution in [3.63, 3.8) is 0 Å². The van der Waals surface area contributed by atoms with Crippen molar-refractivity contribution in [2.24, 2.45) is 0 Å². The van der Waals surface area contributed by atoms with E-state index in [1.54, 1.807) is 0 Å². The Kier molecular flexibility index (Phi) is 2.88. The number of hydrogen-bond donors (Lipinski definition) is 2. The van der Waals surface area contributed by atoms with Gasteiger partial charge in [0.1, 0.15) is 10.8 Å². The van der Waals surface area contributed by atoms with Crippen molar-refractivity contribution >= 4 is 30.1 Å². The van der Waals surface area contributed by atoms with Crippen LogP contribution in [0.3, 0.4) is 0 Å². The SMILES string of the molecule is O=C(O)c1ccc(F)cc1-c1nc(S)ns1. The van der Waals surface area contributed by atoms with Gasteiger partial charge in [-0.15, -0.1) is 12.6 Å². The molecule has 0 bridgehead atoms. The van der Waals surface area contributed by atoms with Gasteiger partial charge in [-0.1, -0.05) is 0 Å². The molecule has 0 aliphatic carbocycles. The summed E-state index contributed by atoms with van der Waals surface area (Å²) in [7, 11) is 0. The van der Waals surface area contributed by atoms with Crippen molar-refractivity contribution in [1.82, 2.24) is 9.36 Å². The summed E-state index contributed by atoms with van der Waals surface area (Å²) in [5, 5.41) is 9.51. The van der Waals surface area contributed by atoms with E-state index in [1.807, 2.05) is 0 Å². The van der Waals surface area contributed by atoms with Gasteiger partial charge in [0.15, 0.2) is 5.16 Å². The largest absolute Gasteiger partial charge is 0.478 e. The molecule has 0 aliphatic rings. The second kappa shape index (κ2) is 4.18. The first-order valence-corrected chi connectivity index (χ1v) is 5.36. The number of halogens is 1. The van der Waals surface area contributed by atoms with Gasteiger partial charge in [-0.05, 0) is 29.7 Å². The van der Waals surface area contributed by atoms with Crippen LogP contribution in [0.5, 0.6) is 0 Å². The number of benzene rings is 1. The number of aromatic carboxylic acids is 1. The third-order valence-electron chi connectivity index (χ3n) is 1.86. The van der Waals surface area contributed by atoms with E-state index in [0.29, 0.717) is 5.01 Å². The lowest BCUT2D eigenvalue weighted by Crippen LogP contribution is -1.99. The van der Waals surface area contributed by atoms with Crippen LogP contribution in [0.1, 0.15) is 10.4 Å². The highest BCUT2D eigenvalue weighted by molar-refractivity contribution is 7.80. The minimum Gasteiger partial charge on any atom is -0.478 e. The van der Waals surface area contributed by atoms with Crippen molar-refractivity contribution in [2.45, 2.75) is 5.16 Å². The third kappa shape index (κ3) is 2.05. The predicted octanol–water partition coefficient (Wildman–Crippen LogP) is 2.33. The van der Waals surface area contributed by atoms with Crippen molar-refractivity contribution in [1.29, 1.82) is 0 Å². The summed E-state index contributed by atoms with van der Waals surface area (Å²) < 4.78 is 16.8. The van der Waals surface area contributed by atoms with E-state index in [1.165, 1.54) is 6.07 Å². The summed E-state index contributed by atoms with van der Waals surface area (Å²) in [4.78, 5) is 14.8. The molecule has 7 heteroatoms. The molecule has 82 valence electrons. The van der Waals surface area contributed by atoms with E-state index in [4.69, 9.17) is 5.11 Å². The molecule has 0 atom stereocenters. The Morgan fingerprint density at radius 1 is 1.50 bits per heavy atom.